The summed E-state index contributed by atoms with van der Waals surface area (Å²) in [6, 6.07) is 0. The standard InChI is InChI=1S/C7H15NO4S/c1-13(11,12)6-4-8-7(10)3-2-5-9/h9H,2-6H2,1H3,(H,8,10). The van der Waals surface area contributed by atoms with Crippen molar-refractivity contribution >= 4 is 15.7 Å². The SMILES string of the molecule is CS(=O)(=O)CCNC(=O)CCCO. The van der Waals surface area contributed by atoms with Crippen LogP contribution in [0.3, 0.4) is 0 Å². The van der Waals surface area contributed by atoms with E-state index >= 15 is 0 Å². The van der Waals surface area contributed by atoms with E-state index in [9.17, 15) is 13.2 Å². The highest BCUT2D eigenvalue weighted by Crippen LogP contribution is 1.86. The third-order valence-electron chi connectivity index (χ3n) is 1.36. The third kappa shape index (κ3) is 9.29. The van der Waals surface area contributed by atoms with Crippen molar-refractivity contribution in [1.29, 1.82) is 0 Å². The molecule has 0 unspecified atom stereocenters. The van der Waals surface area contributed by atoms with Crippen molar-refractivity contribution in [1.82, 2.24) is 5.32 Å². The number of aliphatic hydroxyl groups excluding tert-OH is 1. The first kappa shape index (κ1) is 12.4. The molecular formula is C7H15NO4S. The maximum Gasteiger partial charge on any atom is 0.220 e. The van der Waals surface area contributed by atoms with E-state index in [2.05, 4.69) is 5.32 Å². The fourth-order valence-electron chi connectivity index (χ4n) is 0.704. The van der Waals surface area contributed by atoms with Crippen LogP contribution in [0.2, 0.25) is 0 Å². The van der Waals surface area contributed by atoms with Crippen LogP contribution in [0, 0.1) is 0 Å². The monoisotopic (exact) mass is 209 g/mol. The van der Waals surface area contributed by atoms with Crippen LogP contribution >= 0.6 is 0 Å². The summed E-state index contributed by atoms with van der Waals surface area (Å²) in [5, 5.41) is 10.8. The second kappa shape index (κ2) is 5.93. The molecule has 2 N–H and O–H groups in total. The Morgan fingerprint density at radius 3 is 2.54 bits per heavy atom. The summed E-state index contributed by atoms with van der Waals surface area (Å²) in [6.07, 6.45) is 1.76. The molecule has 1 amide bonds. The molecule has 0 aliphatic rings. The van der Waals surface area contributed by atoms with Crippen LogP contribution in [0.5, 0.6) is 0 Å². The highest BCUT2D eigenvalue weighted by Gasteiger charge is 2.03. The lowest BCUT2D eigenvalue weighted by Gasteiger charge is -2.02. The summed E-state index contributed by atoms with van der Waals surface area (Å²) in [5.74, 6) is -0.268. The van der Waals surface area contributed by atoms with Gasteiger partial charge < -0.3 is 10.4 Å². The van der Waals surface area contributed by atoms with Crippen molar-refractivity contribution in [2.45, 2.75) is 12.8 Å². The Labute approximate surface area is 78.1 Å². The van der Waals surface area contributed by atoms with E-state index in [1.165, 1.54) is 0 Å². The van der Waals surface area contributed by atoms with E-state index in [1.807, 2.05) is 0 Å². The zero-order valence-electron chi connectivity index (χ0n) is 7.62. The first-order valence-corrected chi connectivity index (χ1v) is 6.07. The first-order chi connectivity index (χ1) is 5.95. The van der Waals surface area contributed by atoms with Gasteiger partial charge in [0.25, 0.3) is 0 Å². The number of hydrogen-bond donors (Lipinski definition) is 2. The summed E-state index contributed by atoms with van der Waals surface area (Å²) in [5.41, 5.74) is 0. The van der Waals surface area contributed by atoms with Crippen LogP contribution in [-0.2, 0) is 14.6 Å². The molecule has 0 atom stereocenters. The molecule has 13 heavy (non-hydrogen) atoms. The first-order valence-electron chi connectivity index (χ1n) is 4.01. The van der Waals surface area contributed by atoms with E-state index in [4.69, 9.17) is 5.11 Å². The van der Waals surface area contributed by atoms with Gasteiger partial charge in [0.2, 0.25) is 5.91 Å². The smallest absolute Gasteiger partial charge is 0.220 e. The molecule has 0 radical (unpaired) electrons. The second-order valence-electron chi connectivity index (χ2n) is 2.81. The third-order valence-corrected chi connectivity index (χ3v) is 2.30. The number of hydrogen-bond acceptors (Lipinski definition) is 4. The van der Waals surface area contributed by atoms with Crippen LogP contribution in [0.1, 0.15) is 12.8 Å². The molecule has 0 aliphatic heterocycles. The molecule has 0 aromatic rings. The lowest BCUT2D eigenvalue weighted by Crippen LogP contribution is -2.28. The summed E-state index contributed by atoms with van der Waals surface area (Å²) < 4.78 is 21.3. The Morgan fingerprint density at radius 2 is 2.08 bits per heavy atom. The van der Waals surface area contributed by atoms with Gasteiger partial charge in [0.1, 0.15) is 9.84 Å². The van der Waals surface area contributed by atoms with Gasteiger partial charge in [-0.2, -0.15) is 0 Å². The predicted octanol–water partition coefficient (Wildman–Crippen LogP) is -1.08. The lowest BCUT2D eigenvalue weighted by molar-refractivity contribution is -0.121. The number of rotatable bonds is 6. The van der Waals surface area contributed by atoms with Crippen molar-refractivity contribution in [3.8, 4) is 0 Å². The van der Waals surface area contributed by atoms with Crippen LogP contribution in [0.25, 0.3) is 0 Å². The molecule has 0 fully saturated rings. The molecule has 0 spiro atoms. The summed E-state index contributed by atoms with van der Waals surface area (Å²) >= 11 is 0. The van der Waals surface area contributed by atoms with Crippen molar-refractivity contribution in [3.63, 3.8) is 0 Å². The van der Waals surface area contributed by atoms with Crippen LogP contribution in [-0.4, -0.2) is 44.6 Å². The maximum absolute atomic E-state index is 10.9. The van der Waals surface area contributed by atoms with Gasteiger partial charge >= 0.3 is 0 Å². The van der Waals surface area contributed by atoms with Gasteiger partial charge in [0.05, 0.1) is 5.75 Å². The molecule has 5 nitrogen and oxygen atoms in total. The van der Waals surface area contributed by atoms with Crippen molar-refractivity contribution in [2.24, 2.45) is 0 Å². The number of aliphatic hydroxyl groups is 1. The highest BCUT2D eigenvalue weighted by atomic mass is 32.2. The topological polar surface area (TPSA) is 83.5 Å². The van der Waals surface area contributed by atoms with Gasteiger partial charge in [-0.05, 0) is 6.42 Å². The molecule has 0 bridgehead atoms. The van der Waals surface area contributed by atoms with E-state index < -0.39 is 9.84 Å². The van der Waals surface area contributed by atoms with Gasteiger partial charge in [0, 0.05) is 25.8 Å². The van der Waals surface area contributed by atoms with E-state index in [0.29, 0.717) is 6.42 Å². The van der Waals surface area contributed by atoms with Gasteiger partial charge in [-0.1, -0.05) is 0 Å². The average Bonchev–Trinajstić information content (AvgIpc) is 1.98. The molecular weight excluding hydrogens is 194 g/mol. The second-order valence-corrected chi connectivity index (χ2v) is 5.07. The van der Waals surface area contributed by atoms with Crippen molar-refractivity contribution in [2.75, 3.05) is 25.2 Å². The molecule has 0 heterocycles. The fraction of sp³-hybridized carbons (Fsp3) is 0.857. The number of nitrogens with one attached hydrogen (secondary N) is 1. The van der Waals surface area contributed by atoms with Crippen LogP contribution in [0.15, 0.2) is 0 Å². The molecule has 0 rings (SSSR count). The van der Waals surface area contributed by atoms with Gasteiger partial charge in [0.15, 0.2) is 0 Å². The quantitative estimate of drug-likeness (QED) is 0.583. The van der Waals surface area contributed by atoms with E-state index in [1.54, 1.807) is 0 Å². The Balaban J connectivity index is 3.49. The predicted molar refractivity (Wildman–Crippen MR) is 49.0 cm³/mol. The van der Waals surface area contributed by atoms with Crippen LogP contribution < -0.4 is 5.32 Å². The fourth-order valence-corrected chi connectivity index (χ4v) is 1.18. The van der Waals surface area contributed by atoms with Crippen molar-refractivity contribution < 1.29 is 18.3 Å². The Morgan fingerprint density at radius 1 is 1.46 bits per heavy atom. The minimum atomic E-state index is -3.00. The molecule has 0 aromatic heterocycles. The average molecular weight is 209 g/mol. The zero-order chi connectivity index (χ0) is 10.3. The van der Waals surface area contributed by atoms with Gasteiger partial charge in [-0.25, -0.2) is 8.42 Å². The van der Waals surface area contributed by atoms with Gasteiger partial charge in [-0.3, -0.25) is 4.79 Å². The summed E-state index contributed by atoms with van der Waals surface area (Å²) in [6.45, 7) is 0.114. The summed E-state index contributed by atoms with van der Waals surface area (Å²) in [4.78, 5) is 10.9. The zero-order valence-corrected chi connectivity index (χ0v) is 8.43. The largest absolute Gasteiger partial charge is 0.396 e. The number of carbonyl (C=O) groups is 1. The summed E-state index contributed by atoms with van der Waals surface area (Å²) in [7, 11) is -3.00. The molecule has 0 saturated heterocycles. The minimum absolute atomic E-state index is 0.0283. The molecule has 6 heteroatoms. The number of sulfone groups is 1. The van der Waals surface area contributed by atoms with E-state index in [-0.39, 0.29) is 31.2 Å². The van der Waals surface area contributed by atoms with Gasteiger partial charge in [-0.15, -0.1) is 0 Å². The van der Waals surface area contributed by atoms with Crippen molar-refractivity contribution in [3.05, 3.63) is 0 Å². The number of carbonyl (C=O) groups excluding carboxylic acids is 1. The maximum atomic E-state index is 10.9. The number of amides is 1. The Bertz CT molecular complexity index is 247. The molecule has 0 aliphatic carbocycles. The normalized spacial score (nSPS) is 11.2. The molecule has 78 valence electrons. The minimum Gasteiger partial charge on any atom is -0.396 e. The van der Waals surface area contributed by atoms with E-state index in [0.717, 1.165) is 6.26 Å². The van der Waals surface area contributed by atoms with Crippen LogP contribution in [0.4, 0.5) is 0 Å². The Hall–Kier alpha value is -0.620. The highest BCUT2D eigenvalue weighted by molar-refractivity contribution is 7.90. The Kier molecular flexibility index (Phi) is 5.65. The molecule has 0 aromatic carbocycles. The lowest BCUT2D eigenvalue weighted by atomic mass is 10.3. The molecule has 0 saturated carbocycles.